The number of nitrogens with two attached hydrogens (primary N) is 1. The van der Waals surface area contributed by atoms with Crippen molar-refractivity contribution < 1.29 is 28.4 Å². The fourth-order valence-electron chi connectivity index (χ4n) is 5.16. The van der Waals surface area contributed by atoms with Crippen molar-refractivity contribution in [3.8, 4) is 0 Å². The molecule has 0 aromatic carbocycles. The third-order valence-corrected chi connectivity index (χ3v) is 9.09. The maximum atomic E-state index is 12.7. The summed E-state index contributed by atoms with van der Waals surface area (Å²) in [7, 11) is -4.35. The van der Waals surface area contributed by atoms with Crippen molar-refractivity contribution in [1.82, 2.24) is 5.32 Å². The minimum atomic E-state index is -4.35. The molecule has 3 atom stereocenters. The first-order valence-corrected chi connectivity index (χ1v) is 20.8. The zero-order valence-electron chi connectivity index (χ0n) is 30.7. The standard InChI is InChI=1S/C39H73N2O6P/c1-3-5-7-9-11-13-15-17-18-19-21-22-24-26-28-30-32-38(42)37(36-47-48(44,45)46-35-34-40)41-39(43)33-31-29-27-25-23-20-16-14-12-10-8-6-4-2/h14,16-18,22,24,30,32,37-38,42H,3-13,15,19-21,23,25-29,31,33-36,40H2,1-2H3,(H,41,43)(H,44,45)/b16-14-,18-17+,24-22+,32-30+. The van der Waals surface area contributed by atoms with Crippen molar-refractivity contribution in [1.29, 1.82) is 0 Å². The summed E-state index contributed by atoms with van der Waals surface area (Å²) in [6, 6.07) is -0.886. The van der Waals surface area contributed by atoms with Gasteiger partial charge in [-0.25, -0.2) is 4.57 Å². The minimum absolute atomic E-state index is 0.0691. The number of phosphoric acid groups is 1. The van der Waals surface area contributed by atoms with Crippen LogP contribution in [0.1, 0.15) is 162 Å². The normalized spacial score (nSPS) is 14.9. The van der Waals surface area contributed by atoms with E-state index in [1.807, 2.05) is 6.08 Å². The van der Waals surface area contributed by atoms with Crippen molar-refractivity contribution in [2.24, 2.45) is 5.73 Å². The number of amides is 1. The van der Waals surface area contributed by atoms with Crippen LogP contribution in [0, 0.1) is 0 Å². The molecule has 0 rings (SSSR count). The lowest BCUT2D eigenvalue weighted by Crippen LogP contribution is -2.45. The summed E-state index contributed by atoms with van der Waals surface area (Å²) in [5, 5.41) is 13.6. The minimum Gasteiger partial charge on any atom is -0.387 e. The van der Waals surface area contributed by atoms with Gasteiger partial charge >= 0.3 is 7.82 Å². The highest BCUT2D eigenvalue weighted by molar-refractivity contribution is 7.47. The van der Waals surface area contributed by atoms with E-state index in [1.54, 1.807) is 6.08 Å². The Hall–Kier alpha value is -1.54. The van der Waals surface area contributed by atoms with Gasteiger partial charge in [0.15, 0.2) is 0 Å². The van der Waals surface area contributed by atoms with Crippen molar-refractivity contribution >= 4 is 13.7 Å². The summed E-state index contributed by atoms with van der Waals surface area (Å²) >= 11 is 0. The number of allylic oxidation sites excluding steroid dienone is 7. The maximum Gasteiger partial charge on any atom is 0.472 e. The van der Waals surface area contributed by atoms with Gasteiger partial charge in [-0.1, -0.05) is 133 Å². The Bertz CT molecular complexity index is 892. The van der Waals surface area contributed by atoms with Crippen molar-refractivity contribution in [2.45, 2.75) is 174 Å². The number of nitrogens with one attached hydrogen (secondary N) is 1. The molecule has 0 bridgehead atoms. The summed E-state index contributed by atoms with van der Waals surface area (Å²) < 4.78 is 22.0. The first-order valence-electron chi connectivity index (χ1n) is 19.3. The van der Waals surface area contributed by atoms with E-state index in [9.17, 15) is 19.4 Å². The summed E-state index contributed by atoms with van der Waals surface area (Å²) in [6.45, 7) is 4.05. The van der Waals surface area contributed by atoms with E-state index < -0.39 is 20.0 Å². The van der Waals surface area contributed by atoms with Crippen LogP contribution < -0.4 is 11.1 Å². The lowest BCUT2D eigenvalue weighted by molar-refractivity contribution is -0.123. The molecule has 0 aromatic heterocycles. The molecule has 8 nitrogen and oxygen atoms in total. The molecular weight excluding hydrogens is 623 g/mol. The number of aliphatic hydroxyl groups excluding tert-OH is 1. The van der Waals surface area contributed by atoms with Gasteiger partial charge in [0.1, 0.15) is 0 Å². The molecule has 0 aromatic rings. The van der Waals surface area contributed by atoms with E-state index in [0.717, 1.165) is 64.2 Å². The number of hydrogen-bond acceptors (Lipinski definition) is 6. The molecule has 0 aliphatic rings. The van der Waals surface area contributed by atoms with Gasteiger partial charge < -0.3 is 21.1 Å². The average Bonchev–Trinajstić information content (AvgIpc) is 3.07. The quantitative estimate of drug-likeness (QED) is 0.0295. The van der Waals surface area contributed by atoms with Gasteiger partial charge in [0.05, 0.1) is 25.4 Å². The number of carbonyl (C=O) groups excluding carboxylic acids is 1. The number of carbonyl (C=O) groups is 1. The Morgan fingerprint density at radius 1 is 0.667 bits per heavy atom. The zero-order chi connectivity index (χ0) is 35.4. The fourth-order valence-corrected chi connectivity index (χ4v) is 5.92. The zero-order valence-corrected chi connectivity index (χ0v) is 31.6. The molecule has 0 saturated heterocycles. The molecule has 0 saturated carbocycles. The molecule has 5 N–H and O–H groups in total. The van der Waals surface area contributed by atoms with Gasteiger partial charge in [-0.3, -0.25) is 13.8 Å². The Morgan fingerprint density at radius 3 is 1.62 bits per heavy atom. The third-order valence-electron chi connectivity index (χ3n) is 8.10. The number of unbranched alkanes of at least 4 members (excludes halogenated alkanes) is 17. The summed E-state index contributed by atoms with van der Waals surface area (Å²) in [6.07, 6.45) is 41.5. The number of aliphatic hydroxyl groups is 1. The molecule has 0 radical (unpaired) electrons. The summed E-state index contributed by atoms with van der Waals surface area (Å²) in [5.74, 6) is -0.221. The molecule has 48 heavy (non-hydrogen) atoms. The molecular formula is C39H73N2O6P. The van der Waals surface area contributed by atoms with Crippen LogP contribution in [0.3, 0.4) is 0 Å². The largest absolute Gasteiger partial charge is 0.472 e. The molecule has 0 aliphatic heterocycles. The van der Waals surface area contributed by atoms with E-state index >= 15 is 0 Å². The topological polar surface area (TPSA) is 131 Å². The molecule has 0 spiro atoms. The maximum absolute atomic E-state index is 12.7. The Kier molecular flexibility index (Phi) is 34.2. The van der Waals surface area contributed by atoms with Gasteiger partial charge in [0, 0.05) is 13.0 Å². The fraction of sp³-hybridized carbons (Fsp3) is 0.769. The van der Waals surface area contributed by atoms with Crippen molar-refractivity contribution in [3.63, 3.8) is 0 Å². The first kappa shape index (κ1) is 46.5. The number of phosphoric ester groups is 1. The highest BCUT2D eigenvalue weighted by atomic mass is 31.2. The Balaban J connectivity index is 4.42. The van der Waals surface area contributed by atoms with E-state index in [0.29, 0.717) is 6.42 Å². The van der Waals surface area contributed by atoms with Gasteiger partial charge in [0.2, 0.25) is 5.91 Å². The van der Waals surface area contributed by atoms with Crippen LogP contribution in [-0.4, -0.2) is 47.8 Å². The summed E-state index contributed by atoms with van der Waals surface area (Å²) in [4.78, 5) is 22.6. The predicted molar refractivity (Wildman–Crippen MR) is 203 cm³/mol. The van der Waals surface area contributed by atoms with Crippen LogP contribution in [0.4, 0.5) is 0 Å². The predicted octanol–water partition coefficient (Wildman–Crippen LogP) is 10.2. The van der Waals surface area contributed by atoms with Gasteiger partial charge in [-0.2, -0.15) is 0 Å². The lowest BCUT2D eigenvalue weighted by atomic mass is 10.1. The van der Waals surface area contributed by atoms with E-state index in [4.69, 9.17) is 14.8 Å². The monoisotopic (exact) mass is 697 g/mol. The highest BCUT2D eigenvalue weighted by Gasteiger charge is 2.26. The number of rotatable bonds is 35. The molecule has 0 fully saturated rings. The molecule has 9 heteroatoms. The van der Waals surface area contributed by atoms with E-state index in [-0.39, 0.29) is 25.7 Å². The number of hydrogen-bond donors (Lipinski definition) is 4. The van der Waals surface area contributed by atoms with E-state index in [1.165, 1.54) is 77.0 Å². The van der Waals surface area contributed by atoms with Crippen molar-refractivity contribution in [3.05, 3.63) is 48.6 Å². The van der Waals surface area contributed by atoms with Crippen LogP contribution in [0.5, 0.6) is 0 Å². The second kappa shape index (κ2) is 35.3. The molecule has 0 heterocycles. The lowest BCUT2D eigenvalue weighted by Gasteiger charge is -2.23. The SMILES string of the molecule is CCCCCC/C=C\CCCCCCCC(=O)NC(COP(=O)(O)OCCN)C(O)/C=C/CC/C=C/CC/C=C/CCCCCCCC. The van der Waals surface area contributed by atoms with Gasteiger partial charge in [-0.05, 0) is 70.6 Å². The van der Waals surface area contributed by atoms with Crippen molar-refractivity contribution in [2.75, 3.05) is 19.8 Å². The van der Waals surface area contributed by atoms with Crippen LogP contribution in [0.15, 0.2) is 48.6 Å². The molecule has 3 unspecified atom stereocenters. The Labute approximate surface area is 294 Å². The van der Waals surface area contributed by atoms with Crippen LogP contribution in [-0.2, 0) is 18.4 Å². The second-order valence-electron chi connectivity index (χ2n) is 12.8. The van der Waals surface area contributed by atoms with Crippen LogP contribution in [0.25, 0.3) is 0 Å². The average molecular weight is 697 g/mol. The highest BCUT2D eigenvalue weighted by Crippen LogP contribution is 2.43. The van der Waals surface area contributed by atoms with E-state index in [2.05, 4.69) is 55.6 Å². The van der Waals surface area contributed by atoms with Gasteiger partial charge in [0.25, 0.3) is 0 Å². The second-order valence-corrected chi connectivity index (χ2v) is 14.2. The molecule has 280 valence electrons. The van der Waals surface area contributed by atoms with Crippen LogP contribution in [0.2, 0.25) is 0 Å². The molecule has 1 amide bonds. The van der Waals surface area contributed by atoms with Gasteiger partial charge in [-0.15, -0.1) is 0 Å². The van der Waals surface area contributed by atoms with Crippen LogP contribution >= 0.6 is 7.82 Å². The third kappa shape index (κ3) is 33.0. The smallest absolute Gasteiger partial charge is 0.387 e. The Morgan fingerprint density at radius 2 is 1.10 bits per heavy atom. The summed E-state index contributed by atoms with van der Waals surface area (Å²) in [5.41, 5.74) is 5.35. The molecule has 0 aliphatic carbocycles. The first-order chi connectivity index (χ1) is 23.4.